The van der Waals surface area contributed by atoms with Crippen LogP contribution >= 0.6 is 0 Å². The fourth-order valence-electron chi connectivity index (χ4n) is 2.11. The van der Waals surface area contributed by atoms with Crippen molar-refractivity contribution in [3.05, 3.63) is 66.0 Å². The van der Waals surface area contributed by atoms with Crippen molar-refractivity contribution in [3.8, 4) is 5.75 Å². The van der Waals surface area contributed by atoms with Gasteiger partial charge in [0.25, 0.3) is 0 Å². The first-order valence-electron chi connectivity index (χ1n) is 7.45. The number of halogens is 1. The predicted octanol–water partition coefficient (Wildman–Crippen LogP) is 2.76. The molecule has 2 aromatic rings. The van der Waals surface area contributed by atoms with Crippen LogP contribution in [0.25, 0.3) is 0 Å². The summed E-state index contributed by atoms with van der Waals surface area (Å²) < 4.78 is 44.4. The van der Waals surface area contributed by atoms with Gasteiger partial charge in [0.05, 0.1) is 5.75 Å². The predicted molar refractivity (Wildman–Crippen MR) is 88.4 cm³/mol. The summed E-state index contributed by atoms with van der Waals surface area (Å²) in [6, 6.07) is 15.5. The van der Waals surface area contributed by atoms with Gasteiger partial charge in [-0.1, -0.05) is 36.4 Å². The summed E-state index contributed by atoms with van der Waals surface area (Å²) in [7, 11) is -3.32. The maximum atomic E-state index is 13.0. The first-order valence-corrected chi connectivity index (χ1v) is 9.10. The van der Waals surface area contributed by atoms with Crippen LogP contribution < -0.4 is 9.46 Å². The summed E-state index contributed by atoms with van der Waals surface area (Å²) in [5, 5.41) is 0. The summed E-state index contributed by atoms with van der Waals surface area (Å²) >= 11 is 0. The highest BCUT2D eigenvalue weighted by Crippen LogP contribution is 2.11. The number of hydrogen-bond acceptors (Lipinski definition) is 3. The van der Waals surface area contributed by atoms with Gasteiger partial charge in [0.2, 0.25) is 10.0 Å². The minimum absolute atomic E-state index is 0.0713. The van der Waals surface area contributed by atoms with E-state index in [0.29, 0.717) is 12.2 Å². The Labute approximate surface area is 136 Å². The highest BCUT2D eigenvalue weighted by molar-refractivity contribution is 7.89. The summed E-state index contributed by atoms with van der Waals surface area (Å²) in [4.78, 5) is 0. The van der Waals surface area contributed by atoms with Gasteiger partial charge in [0.15, 0.2) is 0 Å². The van der Waals surface area contributed by atoms with Crippen LogP contribution in [0.4, 0.5) is 4.39 Å². The van der Waals surface area contributed by atoms with E-state index in [4.69, 9.17) is 4.74 Å². The average molecular weight is 337 g/mol. The van der Waals surface area contributed by atoms with E-state index in [0.717, 1.165) is 12.0 Å². The molecule has 0 unspecified atom stereocenters. The third-order valence-electron chi connectivity index (χ3n) is 3.21. The first-order chi connectivity index (χ1) is 11.1. The zero-order chi connectivity index (χ0) is 16.5. The lowest BCUT2D eigenvalue weighted by Gasteiger charge is -2.08. The van der Waals surface area contributed by atoms with Crippen LogP contribution in [-0.4, -0.2) is 27.3 Å². The normalized spacial score (nSPS) is 11.3. The van der Waals surface area contributed by atoms with Gasteiger partial charge < -0.3 is 4.74 Å². The molecule has 0 aromatic heterocycles. The minimum atomic E-state index is -3.32. The zero-order valence-corrected chi connectivity index (χ0v) is 13.6. The number of sulfonamides is 1. The van der Waals surface area contributed by atoms with Crippen molar-refractivity contribution in [2.75, 3.05) is 18.9 Å². The van der Waals surface area contributed by atoms with Gasteiger partial charge >= 0.3 is 0 Å². The quantitative estimate of drug-likeness (QED) is 0.716. The molecule has 2 rings (SSSR count). The molecule has 23 heavy (non-hydrogen) atoms. The van der Waals surface area contributed by atoms with Crippen LogP contribution in [0.2, 0.25) is 0 Å². The number of nitrogens with one attached hydrogen (secondary N) is 1. The molecule has 0 aliphatic heterocycles. The molecule has 0 amide bonds. The molecule has 0 heterocycles. The van der Waals surface area contributed by atoms with E-state index < -0.39 is 10.0 Å². The van der Waals surface area contributed by atoms with Crippen molar-refractivity contribution >= 4 is 10.0 Å². The van der Waals surface area contributed by atoms with Gasteiger partial charge in [-0.3, -0.25) is 0 Å². The molecular formula is C17H20FNO3S. The molecule has 0 fully saturated rings. The second kappa shape index (κ2) is 8.64. The molecule has 0 atom stereocenters. The van der Waals surface area contributed by atoms with Crippen molar-refractivity contribution < 1.29 is 17.5 Å². The lowest BCUT2D eigenvalue weighted by Crippen LogP contribution is -2.30. The van der Waals surface area contributed by atoms with E-state index in [9.17, 15) is 12.8 Å². The number of rotatable bonds is 9. The molecule has 124 valence electrons. The Bertz CT molecular complexity index is 705. The second-order valence-electron chi connectivity index (χ2n) is 5.11. The molecule has 0 aliphatic carbocycles. The van der Waals surface area contributed by atoms with Gasteiger partial charge in [-0.05, 0) is 30.5 Å². The van der Waals surface area contributed by atoms with Gasteiger partial charge in [0.1, 0.15) is 18.2 Å². The Morgan fingerprint density at radius 3 is 2.57 bits per heavy atom. The molecule has 0 spiro atoms. The monoisotopic (exact) mass is 337 g/mol. The number of aryl methyl sites for hydroxylation is 1. The molecule has 4 nitrogen and oxygen atoms in total. The van der Waals surface area contributed by atoms with Crippen molar-refractivity contribution in [2.45, 2.75) is 12.8 Å². The van der Waals surface area contributed by atoms with Crippen LogP contribution in [0, 0.1) is 5.82 Å². The maximum Gasteiger partial charge on any atom is 0.211 e. The van der Waals surface area contributed by atoms with Crippen LogP contribution in [-0.2, 0) is 16.4 Å². The van der Waals surface area contributed by atoms with E-state index >= 15 is 0 Å². The molecule has 0 bridgehead atoms. The maximum absolute atomic E-state index is 13.0. The van der Waals surface area contributed by atoms with Crippen molar-refractivity contribution in [3.63, 3.8) is 0 Å². The highest BCUT2D eigenvalue weighted by Gasteiger charge is 2.09. The summed E-state index contributed by atoms with van der Waals surface area (Å²) in [5.41, 5.74) is 1.12. The van der Waals surface area contributed by atoms with Crippen LogP contribution in [0.1, 0.15) is 12.0 Å². The lowest BCUT2D eigenvalue weighted by atomic mass is 10.1. The van der Waals surface area contributed by atoms with E-state index in [1.807, 2.05) is 30.3 Å². The first kappa shape index (κ1) is 17.4. The van der Waals surface area contributed by atoms with Crippen molar-refractivity contribution in [1.29, 1.82) is 0 Å². The smallest absolute Gasteiger partial charge is 0.211 e. The Kier molecular flexibility index (Phi) is 6.55. The molecule has 0 radical (unpaired) electrons. The Balaban J connectivity index is 1.65. The standard InChI is InChI=1S/C17H20FNO3S/c18-16-9-4-10-17(14-16)22-12-11-19-23(20,21)13-5-8-15-6-2-1-3-7-15/h1-4,6-7,9-10,14,19H,5,8,11-13H2. The number of hydrogen-bond donors (Lipinski definition) is 1. The molecular weight excluding hydrogens is 317 g/mol. The molecule has 2 aromatic carbocycles. The van der Waals surface area contributed by atoms with Crippen LogP contribution in [0.5, 0.6) is 5.75 Å². The Morgan fingerprint density at radius 2 is 1.83 bits per heavy atom. The number of ether oxygens (including phenoxy) is 1. The molecule has 0 saturated carbocycles. The lowest BCUT2D eigenvalue weighted by molar-refractivity contribution is 0.321. The van der Waals surface area contributed by atoms with Gasteiger partial charge in [-0.2, -0.15) is 0 Å². The summed E-state index contributed by atoms with van der Waals surface area (Å²) in [6.45, 7) is 0.311. The van der Waals surface area contributed by atoms with Crippen molar-refractivity contribution in [2.24, 2.45) is 0 Å². The highest BCUT2D eigenvalue weighted by atomic mass is 32.2. The average Bonchev–Trinajstić information content (AvgIpc) is 2.53. The van der Waals surface area contributed by atoms with Crippen LogP contribution in [0.15, 0.2) is 54.6 Å². The Morgan fingerprint density at radius 1 is 1.04 bits per heavy atom. The minimum Gasteiger partial charge on any atom is -0.492 e. The van der Waals surface area contributed by atoms with Gasteiger partial charge in [-0.15, -0.1) is 0 Å². The van der Waals surface area contributed by atoms with E-state index in [1.54, 1.807) is 12.1 Å². The Hall–Kier alpha value is -1.92. The summed E-state index contributed by atoms with van der Waals surface area (Å²) in [5.74, 6) is 0.0688. The topological polar surface area (TPSA) is 55.4 Å². The van der Waals surface area contributed by atoms with E-state index in [1.165, 1.54) is 12.1 Å². The van der Waals surface area contributed by atoms with E-state index in [-0.39, 0.29) is 24.7 Å². The SMILES string of the molecule is O=S(=O)(CCCc1ccccc1)NCCOc1cccc(F)c1. The second-order valence-corrected chi connectivity index (χ2v) is 7.03. The molecule has 6 heteroatoms. The third kappa shape index (κ3) is 6.80. The van der Waals surface area contributed by atoms with E-state index in [2.05, 4.69) is 4.72 Å². The zero-order valence-electron chi connectivity index (χ0n) is 12.7. The van der Waals surface area contributed by atoms with Gasteiger partial charge in [-0.25, -0.2) is 17.5 Å². The van der Waals surface area contributed by atoms with Crippen LogP contribution in [0.3, 0.4) is 0 Å². The largest absolute Gasteiger partial charge is 0.492 e. The van der Waals surface area contributed by atoms with Crippen molar-refractivity contribution in [1.82, 2.24) is 4.72 Å². The summed E-state index contributed by atoms with van der Waals surface area (Å²) in [6.07, 6.45) is 1.28. The fourth-order valence-corrected chi connectivity index (χ4v) is 3.17. The molecule has 1 N–H and O–H groups in total. The molecule has 0 saturated heterocycles. The fraction of sp³-hybridized carbons (Fsp3) is 0.294. The third-order valence-corrected chi connectivity index (χ3v) is 4.68. The van der Waals surface area contributed by atoms with Gasteiger partial charge in [0, 0.05) is 12.6 Å². The number of benzene rings is 2. The molecule has 0 aliphatic rings.